The Morgan fingerprint density at radius 2 is 2.05 bits per heavy atom. The van der Waals surface area contributed by atoms with Crippen LogP contribution in [0.5, 0.6) is 5.75 Å². The van der Waals surface area contributed by atoms with Crippen LogP contribution in [0.25, 0.3) is 0 Å². The summed E-state index contributed by atoms with van der Waals surface area (Å²) in [7, 11) is 3.15. The molecule has 0 aliphatic heterocycles. The SMILES string of the molecule is COC(=O)C(C)C1(C)CCCc2cc(C)c(OC)cc21. The molecule has 0 radical (unpaired) electrons. The van der Waals surface area contributed by atoms with Crippen LogP contribution < -0.4 is 4.74 Å². The number of hydrogen-bond acceptors (Lipinski definition) is 3. The summed E-state index contributed by atoms with van der Waals surface area (Å²) < 4.78 is 10.4. The monoisotopic (exact) mass is 276 g/mol. The van der Waals surface area contributed by atoms with E-state index in [1.165, 1.54) is 18.2 Å². The van der Waals surface area contributed by atoms with Gasteiger partial charge in [-0.3, -0.25) is 4.79 Å². The van der Waals surface area contributed by atoms with Crippen molar-refractivity contribution in [2.75, 3.05) is 14.2 Å². The van der Waals surface area contributed by atoms with E-state index < -0.39 is 0 Å². The Bertz CT molecular complexity index is 521. The van der Waals surface area contributed by atoms with Crippen LogP contribution in [-0.4, -0.2) is 20.2 Å². The molecule has 1 aliphatic carbocycles. The minimum absolute atomic E-state index is 0.139. The van der Waals surface area contributed by atoms with Crippen molar-refractivity contribution in [3.05, 3.63) is 28.8 Å². The van der Waals surface area contributed by atoms with Crippen molar-refractivity contribution in [2.24, 2.45) is 5.92 Å². The van der Waals surface area contributed by atoms with E-state index >= 15 is 0 Å². The van der Waals surface area contributed by atoms with Crippen LogP contribution in [0.4, 0.5) is 0 Å². The Kier molecular flexibility index (Phi) is 4.07. The lowest BCUT2D eigenvalue weighted by atomic mass is 9.64. The van der Waals surface area contributed by atoms with Crippen molar-refractivity contribution < 1.29 is 14.3 Å². The summed E-state index contributed by atoms with van der Waals surface area (Å²) in [5.74, 6) is 0.604. The fourth-order valence-corrected chi connectivity index (χ4v) is 3.37. The lowest BCUT2D eigenvalue weighted by molar-refractivity contribution is -0.147. The normalized spacial score (nSPS) is 22.9. The first-order valence-corrected chi connectivity index (χ1v) is 7.20. The molecule has 2 unspecified atom stereocenters. The van der Waals surface area contributed by atoms with Crippen LogP contribution in [0, 0.1) is 12.8 Å². The molecule has 0 aromatic heterocycles. The van der Waals surface area contributed by atoms with E-state index in [0.29, 0.717) is 0 Å². The Morgan fingerprint density at radius 1 is 1.35 bits per heavy atom. The molecule has 1 aromatic carbocycles. The highest BCUT2D eigenvalue weighted by Crippen LogP contribution is 2.45. The first-order valence-electron chi connectivity index (χ1n) is 7.20. The van der Waals surface area contributed by atoms with Crippen LogP contribution in [0.15, 0.2) is 12.1 Å². The Hall–Kier alpha value is -1.51. The van der Waals surface area contributed by atoms with Crippen molar-refractivity contribution in [3.8, 4) is 5.75 Å². The predicted octanol–water partition coefficient (Wildman–Crippen LogP) is 3.41. The summed E-state index contributed by atoms with van der Waals surface area (Å²) in [6, 6.07) is 4.32. The molecular weight excluding hydrogens is 252 g/mol. The van der Waals surface area contributed by atoms with E-state index in [-0.39, 0.29) is 17.3 Å². The van der Waals surface area contributed by atoms with Gasteiger partial charge >= 0.3 is 5.97 Å². The van der Waals surface area contributed by atoms with Gasteiger partial charge in [-0.1, -0.05) is 19.9 Å². The van der Waals surface area contributed by atoms with Crippen molar-refractivity contribution in [3.63, 3.8) is 0 Å². The molecule has 0 saturated carbocycles. The highest BCUT2D eigenvalue weighted by molar-refractivity contribution is 5.74. The summed E-state index contributed by atoms with van der Waals surface area (Å²) in [5.41, 5.74) is 3.56. The second-order valence-corrected chi connectivity index (χ2v) is 5.99. The maximum Gasteiger partial charge on any atom is 0.309 e. The van der Waals surface area contributed by atoms with Crippen molar-refractivity contribution in [2.45, 2.75) is 45.4 Å². The second-order valence-electron chi connectivity index (χ2n) is 5.99. The van der Waals surface area contributed by atoms with Gasteiger partial charge in [0.2, 0.25) is 0 Å². The van der Waals surface area contributed by atoms with E-state index in [4.69, 9.17) is 9.47 Å². The minimum Gasteiger partial charge on any atom is -0.496 e. The summed E-state index contributed by atoms with van der Waals surface area (Å²) in [4.78, 5) is 12.0. The maximum atomic E-state index is 12.0. The molecule has 0 bridgehead atoms. The van der Waals surface area contributed by atoms with Crippen LogP contribution >= 0.6 is 0 Å². The fraction of sp³-hybridized carbons (Fsp3) is 0.588. The number of ether oxygens (including phenoxy) is 2. The maximum absolute atomic E-state index is 12.0. The molecule has 3 nitrogen and oxygen atoms in total. The van der Waals surface area contributed by atoms with Gasteiger partial charge in [-0.25, -0.2) is 0 Å². The lowest BCUT2D eigenvalue weighted by Crippen LogP contribution is -2.39. The van der Waals surface area contributed by atoms with Gasteiger partial charge in [-0.05, 0) is 48.9 Å². The molecule has 1 aliphatic rings. The largest absolute Gasteiger partial charge is 0.496 e. The smallest absolute Gasteiger partial charge is 0.309 e. The number of fused-ring (bicyclic) bond motifs is 1. The van der Waals surface area contributed by atoms with Gasteiger partial charge in [0.05, 0.1) is 20.1 Å². The van der Waals surface area contributed by atoms with E-state index in [2.05, 4.69) is 26.0 Å². The molecule has 3 heteroatoms. The summed E-state index contributed by atoms with van der Waals surface area (Å²) in [6.07, 6.45) is 3.18. The molecule has 2 rings (SSSR count). The molecule has 2 atom stereocenters. The molecule has 0 N–H and O–H groups in total. The Morgan fingerprint density at radius 3 is 2.65 bits per heavy atom. The molecule has 1 aromatic rings. The number of hydrogen-bond donors (Lipinski definition) is 0. The van der Waals surface area contributed by atoms with E-state index in [0.717, 1.165) is 30.6 Å². The zero-order chi connectivity index (χ0) is 14.9. The van der Waals surface area contributed by atoms with Crippen molar-refractivity contribution in [1.82, 2.24) is 0 Å². The van der Waals surface area contributed by atoms with E-state index in [1.807, 2.05) is 6.92 Å². The number of carbonyl (C=O) groups is 1. The average Bonchev–Trinajstić information content (AvgIpc) is 2.45. The number of rotatable bonds is 3. The van der Waals surface area contributed by atoms with Crippen LogP contribution in [0.3, 0.4) is 0 Å². The number of carbonyl (C=O) groups excluding carboxylic acids is 1. The molecular formula is C17H24O3. The topological polar surface area (TPSA) is 35.5 Å². The number of aryl methyl sites for hydroxylation is 2. The highest BCUT2D eigenvalue weighted by Gasteiger charge is 2.41. The van der Waals surface area contributed by atoms with Gasteiger partial charge < -0.3 is 9.47 Å². The predicted molar refractivity (Wildman–Crippen MR) is 79.2 cm³/mol. The van der Waals surface area contributed by atoms with Gasteiger partial charge in [0.15, 0.2) is 0 Å². The molecule has 0 fully saturated rings. The first kappa shape index (κ1) is 14.9. The van der Waals surface area contributed by atoms with Crippen LogP contribution in [0.1, 0.15) is 43.4 Å². The third-order valence-electron chi connectivity index (χ3n) is 4.89. The lowest BCUT2D eigenvalue weighted by Gasteiger charge is -2.40. The zero-order valence-corrected chi connectivity index (χ0v) is 13.1. The Balaban J connectivity index is 2.53. The summed E-state index contributed by atoms with van der Waals surface area (Å²) in [5, 5.41) is 0. The summed E-state index contributed by atoms with van der Waals surface area (Å²) >= 11 is 0. The third-order valence-corrected chi connectivity index (χ3v) is 4.89. The Labute approximate surface area is 121 Å². The fourth-order valence-electron chi connectivity index (χ4n) is 3.37. The highest BCUT2D eigenvalue weighted by atomic mass is 16.5. The number of benzene rings is 1. The molecule has 110 valence electrons. The van der Waals surface area contributed by atoms with Gasteiger partial charge in [-0.2, -0.15) is 0 Å². The quantitative estimate of drug-likeness (QED) is 0.794. The van der Waals surface area contributed by atoms with Gasteiger partial charge in [-0.15, -0.1) is 0 Å². The first-order chi connectivity index (χ1) is 9.43. The second kappa shape index (κ2) is 5.47. The minimum atomic E-state index is -0.179. The molecule has 0 heterocycles. The van der Waals surface area contributed by atoms with Gasteiger partial charge in [0, 0.05) is 5.41 Å². The van der Waals surface area contributed by atoms with Crippen LogP contribution in [-0.2, 0) is 21.4 Å². The number of esters is 1. The number of methoxy groups -OCH3 is 2. The third kappa shape index (κ3) is 2.30. The molecule has 0 saturated heterocycles. The van der Waals surface area contributed by atoms with E-state index in [9.17, 15) is 4.79 Å². The molecule has 0 amide bonds. The standard InChI is InChI=1S/C17H24O3/c1-11-9-13-7-6-8-17(3,12(2)16(18)20-5)14(13)10-15(11)19-4/h9-10,12H,6-8H2,1-5H3. The van der Waals surface area contributed by atoms with Crippen molar-refractivity contribution >= 4 is 5.97 Å². The van der Waals surface area contributed by atoms with Crippen molar-refractivity contribution in [1.29, 1.82) is 0 Å². The van der Waals surface area contributed by atoms with Gasteiger partial charge in [0.1, 0.15) is 5.75 Å². The molecule has 20 heavy (non-hydrogen) atoms. The van der Waals surface area contributed by atoms with E-state index in [1.54, 1.807) is 7.11 Å². The zero-order valence-electron chi connectivity index (χ0n) is 13.1. The van der Waals surface area contributed by atoms with Gasteiger partial charge in [0.25, 0.3) is 0 Å². The average molecular weight is 276 g/mol. The molecule has 0 spiro atoms. The van der Waals surface area contributed by atoms with Crippen LogP contribution in [0.2, 0.25) is 0 Å². The summed E-state index contributed by atoms with van der Waals surface area (Å²) in [6.45, 7) is 6.20.